The van der Waals surface area contributed by atoms with E-state index in [-0.39, 0.29) is 60.7 Å². The number of carbonyl (C=O) groups is 3. The SMILES string of the molecule is CCC[CH2][Sn](/[CH]=C/[C@@H]1OC2(C)CC[C@@H](N[C@H](C(=O)N[C@@H](Cc3cccc(O)c3)C(=O)N3CCC[C@@H](C(=O)OCC/C=C/I)N3)C(C)C)[C@H](O2)[C@H]1C)([CH2]CCC)[CH2]CCC. The van der Waals surface area contributed by atoms with Gasteiger partial charge >= 0.3 is 239 Å². The molecular formula is C46H75IN4O7Sn. The van der Waals surface area contributed by atoms with Crippen molar-refractivity contribution in [2.45, 2.75) is 181 Å². The van der Waals surface area contributed by atoms with Gasteiger partial charge in [-0.05, 0) is 34.6 Å². The Bertz CT molecular complexity index is 1520. The van der Waals surface area contributed by atoms with Gasteiger partial charge in [0.25, 0.3) is 0 Å². The number of ether oxygens (including phenoxy) is 3. The number of nitrogens with one attached hydrogen (secondary N) is 3. The number of aromatic hydroxyl groups is 1. The van der Waals surface area contributed by atoms with Gasteiger partial charge in [-0.2, -0.15) is 0 Å². The number of benzene rings is 1. The number of carbonyl (C=O) groups excluding carboxylic acids is 3. The van der Waals surface area contributed by atoms with E-state index in [0.29, 0.717) is 37.8 Å². The van der Waals surface area contributed by atoms with E-state index in [1.165, 1.54) is 56.8 Å². The summed E-state index contributed by atoms with van der Waals surface area (Å²) < 4.78 is 27.8. The molecule has 1 unspecified atom stereocenters. The van der Waals surface area contributed by atoms with Crippen LogP contribution in [0.25, 0.3) is 0 Å². The van der Waals surface area contributed by atoms with Gasteiger partial charge < -0.3 is 9.84 Å². The van der Waals surface area contributed by atoms with Crippen LogP contribution in [0, 0.1) is 11.8 Å². The van der Waals surface area contributed by atoms with Crippen LogP contribution in [0.1, 0.15) is 125 Å². The minimum atomic E-state index is -2.56. The second kappa shape index (κ2) is 24.8. The summed E-state index contributed by atoms with van der Waals surface area (Å²) in [5, 5.41) is 18.5. The molecule has 2 bridgehead atoms. The number of hydrazine groups is 1. The molecule has 3 saturated heterocycles. The van der Waals surface area contributed by atoms with E-state index in [1.807, 2.05) is 30.1 Å². The molecule has 3 aliphatic rings. The number of phenols is 1. The molecule has 3 aliphatic heterocycles. The van der Waals surface area contributed by atoms with Crippen LogP contribution in [0.15, 0.2) is 44.6 Å². The first-order chi connectivity index (χ1) is 28.3. The zero-order valence-corrected chi connectivity index (χ0v) is 42.0. The molecular weight excluding hydrogens is 966 g/mol. The number of phenolic OH excluding ortho intramolecular Hbond substituents is 1. The molecule has 0 spiro atoms. The van der Waals surface area contributed by atoms with Crippen LogP contribution in [0.4, 0.5) is 0 Å². The zero-order chi connectivity index (χ0) is 43.0. The first-order valence-electron chi connectivity index (χ1n) is 22.7. The predicted octanol–water partition coefficient (Wildman–Crippen LogP) is 8.65. The fourth-order valence-corrected chi connectivity index (χ4v) is 23.6. The van der Waals surface area contributed by atoms with E-state index in [1.54, 1.807) is 18.2 Å². The molecule has 59 heavy (non-hydrogen) atoms. The zero-order valence-electron chi connectivity index (χ0n) is 37.0. The van der Waals surface area contributed by atoms with Crippen LogP contribution in [0.3, 0.4) is 0 Å². The van der Waals surface area contributed by atoms with Crippen molar-refractivity contribution >= 4 is 58.8 Å². The van der Waals surface area contributed by atoms with Crippen molar-refractivity contribution in [1.29, 1.82) is 0 Å². The minimum absolute atomic E-state index is 0.0640. The molecule has 3 heterocycles. The van der Waals surface area contributed by atoms with E-state index in [9.17, 15) is 19.5 Å². The van der Waals surface area contributed by atoms with Gasteiger partial charge in [-0.15, -0.1) is 0 Å². The van der Waals surface area contributed by atoms with Gasteiger partial charge in [0.2, 0.25) is 0 Å². The fraction of sp³-hybridized carbons (Fsp3) is 0.717. The molecule has 4 N–H and O–H groups in total. The maximum absolute atomic E-state index is 14.4. The van der Waals surface area contributed by atoms with Gasteiger partial charge in [0.15, 0.2) is 0 Å². The maximum atomic E-state index is 14.4. The molecule has 1 aromatic carbocycles. The van der Waals surface area contributed by atoms with Gasteiger partial charge in [0.05, 0.1) is 6.61 Å². The summed E-state index contributed by atoms with van der Waals surface area (Å²) in [6.45, 7) is 15.9. The summed E-state index contributed by atoms with van der Waals surface area (Å²) in [7, 11) is 0. The molecule has 13 heteroatoms. The Morgan fingerprint density at radius 3 is 2.41 bits per heavy atom. The first kappa shape index (κ1) is 49.9. The normalized spacial score (nSPS) is 26.0. The number of rotatable bonds is 23. The third kappa shape index (κ3) is 15.0. The van der Waals surface area contributed by atoms with Gasteiger partial charge in [-0.25, -0.2) is 5.43 Å². The number of unbranched alkanes of at least 4 members (excludes halogenated alkanes) is 3. The quantitative estimate of drug-likeness (QED) is 0.0368. The first-order valence-corrected chi connectivity index (χ1v) is 31.6. The topological polar surface area (TPSA) is 138 Å². The summed E-state index contributed by atoms with van der Waals surface area (Å²) in [6.07, 6.45) is 15.2. The van der Waals surface area contributed by atoms with Crippen LogP contribution in [-0.4, -0.2) is 102 Å². The Kier molecular flexibility index (Phi) is 21.0. The predicted molar refractivity (Wildman–Crippen MR) is 246 cm³/mol. The third-order valence-electron chi connectivity index (χ3n) is 12.5. The molecule has 0 radical (unpaired) electrons. The van der Waals surface area contributed by atoms with Crippen molar-refractivity contribution in [3.05, 3.63) is 50.2 Å². The van der Waals surface area contributed by atoms with E-state index in [0.717, 1.165) is 6.42 Å². The van der Waals surface area contributed by atoms with E-state index < -0.39 is 48.3 Å². The molecule has 11 nitrogen and oxygen atoms in total. The summed E-state index contributed by atoms with van der Waals surface area (Å²) in [5.41, 5.74) is 3.80. The average molecular weight is 1040 g/mol. The molecule has 0 saturated carbocycles. The van der Waals surface area contributed by atoms with Gasteiger partial charge in [0, 0.05) is 13.0 Å². The van der Waals surface area contributed by atoms with Crippen molar-refractivity contribution in [2.24, 2.45) is 11.8 Å². The summed E-state index contributed by atoms with van der Waals surface area (Å²) in [6, 6.07) is 4.43. The van der Waals surface area contributed by atoms with Crippen LogP contribution in [0.2, 0.25) is 13.3 Å². The Balaban J connectivity index is 1.52. The van der Waals surface area contributed by atoms with Crippen molar-refractivity contribution in [3.63, 3.8) is 0 Å². The molecule has 3 fully saturated rings. The molecule has 2 amide bonds. The van der Waals surface area contributed by atoms with Crippen molar-refractivity contribution in [3.8, 4) is 5.75 Å². The van der Waals surface area contributed by atoms with Gasteiger partial charge in [-0.1, -0.05) is 40.8 Å². The number of halogens is 1. The molecule has 8 atom stereocenters. The standard InChI is InChI=1S/C34H48IN4O7.3C4H9.Sn/c1-6-28-22(4)30-25(14-15-34(5,45-28)46-30)36-29(21(2)3)31(41)37-27(20-23-11-9-12-24(40)19-23)32(42)39-17-10-13-26(38-39)33(43)44-18-8-7-16-35;3*1-3-4-2;/h1,6-7,9,11-12,16,19,21-22,25-30,36,38,40H,8,10,13-15,17-18,20H2,2-5H3,(H,37,41);3*1,3-4H2,2H3;/b6-1?,16-7+;;;;/t22-,25+,26-,27-,28-,29-,30+,34?;;;;/m0..../s1. The number of hydrogen-bond acceptors (Lipinski definition) is 9. The van der Waals surface area contributed by atoms with Gasteiger partial charge in [0.1, 0.15) is 11.8 Å². The number of fused-ring (bicyclic) bond motifs is 2. The third-order valence-corrected chi connectivity index (χ3v) is 27.1. The van der Waals surface area contributed by atoms with E-state index >= 15 is 0 Å². The monoisotopic (exact) mass is 1040 g/mol. The summed E-state index contributed by atoms with van der Waals surface area (Å²) >= 11 is -0.436. The second-order valence-electron chi connectivity index (χ2n) is 17.8. The van der Waals surface area contributed by atoms with Crippen molar-refractivity contribution < 1.29 is 33.7 Å². The van der Waals surface area contributed by atoms with E-state index in [4.69, 9.17) is 14.2 Å². The molecule has 0 aliphatic carbocycles. The Morgan fingerprint density at radius 2 is 1.78 bits per heavy atom. The van der Waals surface area contributed by atoms with Crippen molar-refractivity contribution in [1.82, 2.24) is 21.1 Å². The molecule has 332 valence electrons. The fourth-order valence-electron chi connectivity index (χ4n) is 8.93. The average Bonchev–Trinajstić information content (AvgIpc) is 3.22. The molecule has 0 aromatic heterocycles. The molecule has 4 rings (SSSR count). The Morgan fingerprint density at radius 1 is 1.08 bits per heavy atom. The molecule has 1 aromatic rings. The number of nitrogens with zero attached hydrogens (tertiary/aromatic N) is 1. The number of amides is 2. The summed E-state index contributed by atoms with van der Waals surface area (Å²) in [5.74, 6) is -1.65. The van der Waals surface area contributed by atoms with E-state index in [2.05, 4.69) is 83.4 Å². The van der Waals surface area contributed by atoms with Crippen LogP contribution >= 0.6 is 22.6 Å². The Hall–Kier alpha value is -1.72. The second-order valence-corrected chi connectivity index (χ2v) is 31.5. The summed E-state index contributed by atoms with van der Waals surface area (Å²) in [4.78, 5) is 41.7. The van der Waals surface area contributed by atoms with Crippen molar-refractivity contribution in [2.75, 3.05) is 13.2 Å². The van der Waals surface area contributed by atoms with Crippen LogP contribution < -0.4 is 16.1 Å². The Labute approximate surface area is 373 Å². The number of hydrogen-bond donors (Lipinski definition) is 4. The van der Waals surface area contributed by atoms with Crippen LogP contribution in [-0.2, 0) is 35.0 Å². The van der Waals surface area contributed by atoms with Crippen LogP contribution in [0.5, 0.6) is 5.75 Å². The number of esters is 1. The van der Waals surface area contributed by atoms with Gasteiger partial charge in [-0.3, -0.25) is 14.6 Å².